The summed E-state index contributed by atoms with van der Waals surface area (Å²) in [5, 5.41) is 2.84. The summed E-state index contributed by atoms with van der Waals surface area (Å²) in [6, 6.07) is 13.8. The molecule has 4 aromatic rings. The minimum Gasteiger partial charge on any atom is -0.497 e. The Kier molecular flexibility index (Phi) is 5.28. The zero-order valence-electron chi connectivity index (χ0n) is 15.9. The Morgan fingerprint density at radius 2 is 1.90 bits per heavy atom. The van der Waals surface area contributed by atoms with Crippen LogP contribution in [0.25, 0.3) is 16.7 Å². The molecule has 2 heterocycles. The third-order valence-electron chi connectivity index (χ3n) is 4.48. The van der Waals surface area contributed by atoms with Crippen molar-refractivity contribution in [3.05, 3.63) is 77.2 Å². The maximum Gasteiger partial charge on any atom is 0.450 e. The second-order valence-electron chi connectivity index (χ2n) is 6.46. The molecular weight excluding hydrogens is 433 g/mol. The Bertz CT molecular complexity index is 1270. The number of amides is 1. The van der Waals surface area contributed by atoms with Crippen LogP contribution in [-0.4, -0.2) is 27.6 Å². The van der Waals surface area contributed by atoms with E-state index in [0.29, 0.717) is 5.75 Å². The number of ether oxygens (including phenoxy) is 1. The predicted octanol–water partition coefficient (Wildman–Crippen LogP) is 5.35. The molecule has 0 aliphatic carbocycles. The van der Waals surface area contributed by atoms with Crippen molar-refractivity contribution in [2.24, 2.45) is 0 Å². The van der Waals surface area contributed by atoms with Crippen molar-refractivity contribution in [3.63, 3.8) is 0 Å². The first-order chi connectivity index (χ1) is 14.8. The predicted molar refractivity (Wildman–Crippen MR) is 110 cm³/mol. The zero-order valence-corrected chi connectivity index (χ0v) is 16.7. The topological polar surface area (TPSA) is 69.0 Å². The lowest BCUT2D eigenvalue weighted by Crippen LogP contribution is -2.15. The highest BCUT2D eigenvalue weighted by Crippen LogP contribution is 2.34. The molecule has 0 spiro atoms. The normalized spacial score (nSPS) is 11.5. The molecule has 0 unspecified atom stereocenters. The van der Waals surface area contributed by atoms with E-state index in [1.54, 1.807) is 30.3 Å². The Labute approximate surface area is 179 Å². The number of imidazole rings is 1. The van der Waals surface area contributed by atoms with Gasteiger partial charge in [0.2, 0.25) is 5.82 Å². The molecule has 0 saturated carbocycles. The van der Waals surface area contributed by atoms with Gasteiger partial charge in [-0.15, -0.1) is 0 Å². The van der Waals surface area contributed by atoms with Crippen molar-refractivity contribution in [2.45, 2.75) is 6.18 Å². The maximum absolute atomic E-state index is 13.6. The number of pyridine rings is 1. The van der Waals surface area contributed by atoms with Gasteiger partial charge in [0.15, 0.2) is 0 Å². The third kappa shape index (κ3) is 4.04. The van der Waals surface area contributed by atoms with Gasteiger partial charge in [0.05, 0.1) is 40.6 Å². The summed E-state index contributed by atoms with van der Waals surface area (Å²) in [5.74, 6) is -1.03. The molecule has 0 bridgehead atoms. The number of anilines is 1. The number of carbonyl (C=O) groups is 1. The number of alkyl halides is 3. The average Bonchev–Trinajstić information content (AvgIpc) is 3.14. The van der Waals surface area contributed by atoms with Gasteiger partial charge < -0.3 is 10.1 Å². The monoisotopic (exact) mass is 446 g/mol. The molecule has 0 atom stereocenters. The van der Waals surface area contributed by atoms with Crippen LogP contribution in [0.3, 0.4) is 0 Å². The first kappa shape index (κ1) is 20.7. The number of hydrogen-bond acceptors (Lipinski definition) is 4. The van der Waals surface area contributed by atoms with Crippen molar-refractivity contribution in [2.75, 3.05) is 12.4 Å². The molecule has 10 heteroatoms. The smallest absolute Gasteiger partial charge is 0.450 e. The number of fused-ring (bicyclic) bond motifs is 1. The van der Waals surface area contributed by atoms with Gasteiger partial charge >= 0.3 is 6.18 Å². The maximum atomic E-state index is 13.6. The molecule has 31 heavy (non-hydrogen) atoms. The molecule has 1 N–H and O–H groups in total. The fourth-order valence-corrected chi connectivity index (χ4v) is 3.28. The van der Waals surface area contributed by atoms with E-state index in [-0.39, 0.29) is 33.1 Å². The first-order valence-electron chi connectivity index (χ1n) is 8.94. The number of nitrogens with zero attached hydrogens (tertiary/aromatic N) is 3. The molecule has 1 amide bonds. The molecule has 4 rings (SSSR count). The molecule has 158 valence electrons. The molecule has 2 aromatic heterocycles. The number of carbonyl (C=O) groups excluding carboxylic acids is 1. The zero-order chi connectivity index (χ0) is 22.2. The van der Waals surface area contributed by atoms with Gasteiger partial charge in [0, 0.05) is 6.07 Å². The Morgan fingerprint density at radius 1 is 1.13 bits per heavy atom. The van der Waals surface area contributed by atoms with E-state index in [0.717, 1.165) is 4.57 Å². The van der Waals surface area contributed by atoms with Crippen LogP contribution in [0.1, 0.15) is 16.2 Å². The van der Waals surface area contributed by atoms with Crippen LogP contribution in [0.5, 0.6) is 5.75 Å². The number of rotatable bonds is 4. The van der Waals surface area contributed by atoms with E-state index in [4.69, 9.17) is 16.3 Å². The lowest BCUT2D eigenvalue weighted by molar-refractivity contribution is -0.145. The molecule has 6 nitrogen and oxygen atoms in total. The van der Waals surface area contributed by atoms with Crippen LogP contribution in [0.2, 0.25) is 5.02 Å². The molecule has 0 radical (unpaired) electrons. The second-order valence-corrected chi connectivity index (χ2v) is 6.87. The highest BCUT2D eigenvalue weighted by Gasteiger charge is 2.38. The van der Waals surface area contributed by atoms with Gasteiger partial charge in [0.1, 0.15) is 11.6 Å². The molecule has 0 fully saturated rings. The van der Waals surface area contributed by atoms with Crippen LogP contribution in [0.4, 0.5) is 19.0 Å². The summed E-state index contributed by atoms with van der Waals surface area (Å²) in [6.45, 7) is 0. The van der Waals surface area contributed by atoms with E-state index in [1.807, 2.05) is 0 Å². The van der Waals surface area contributed by atoms with Crippen LogP contribution < -0.4 is 10.1 Å². The van der Waals surface area contributed by atoms with E-state index in [1.165, 1.54) is 37.6 Å². The first-order valence-corrected chi connectivity index (χ1v) is 9.31. The summed E-state index contributed by atoms with van der Waals surface area (Å²) in [5.41, 5.74) is 0.755. The van der Waals surface area contributed by atoms with Crippen molar-refractivity contribution in [3.8, 4) is 11.4 Å². The van der Waals surface area contributed by atoms with Crippen LogP contribution >= 0.6 is 11.6 Å². The summed E-state index contributed by atoms with van der Waals surface area (Å²) < 4.78 is 46.9. The third-order valence-corrected chi connectivity index (χ3v) is 4.81. The Morgan fingerprint density at radius 3 is 2.55 bits per heavy atom. The van der Waals surface area contributed by atoms with Gasteiger partial charge in [-0.25, -0.2) is 9.97 Å². The Balaban J connectivity index is 1.70. The van der Waals surface area contributed by atoms with Crippen molar-refractivity contribution < 1.29 is 22.7 Å². The number of benzene rings is 2. The van der Waals surface area contributed by atoms with Gasteiger partial charge in [-0.2, -0.15) is 13.2 Å². The molecule has 0 aliphatic heterocycles. The highest BCUT2D eigenvalue weighted by molar-refractivity contribution is 6.34. The summed E-state index contributed by atoms with van der Waals surface area (Å²) in [7, 11) is 1.42. The van der Waals surface area contributed by atoms with Crippen molar-refractivity contribution in [1.82, 2.24) is 14.5 Å². The largest absolute Gasteiger partial charge is 0.497 e. The van der Waals surface area contributed by atoms with Gasteiger partial charge in [-0.3, -0.25) is 9.36 Å². The fraction of sp³-hybridized carbons (Fsp3) is 0.0952. The van der Waals surface area contributed by atoms with E-state index in [2.05, 4.69) is 15.3 Å². The van der Waals surface area contributed by atoms with Crippen molar-refractivity contribution >= 4 is 34.4 Å². The van der Waals surface area contributed by atoms with Gasteiger partial charge in [-0.05, 0) is 36.4 Å². The van der Waals surface area contributed by atoms with Crippen LogP contribution in [0, 0.1) is 0 Å². The summed E-state index contributed by atoms with van der Waals surface area (Å²) >= 11 is 6.01. The number of halogens is 4. The van der Waals surface area contributed by atoms with Crippen LogP contribution in [-0.2, 0) is 6.18 Å². The van der Waals surface area contributed by atoms with Gasteiger partial charge in [0.25, 0.3) is 5.91 Å². The minimum absolute atomic E-state index is 0.128. The molecule has 0 aliphatic rings. The lowest BCUT2D eigenvalue weighted by atomic mass is 10.2. The molecule has 0 saturated heterocycles. The standard InChI is InChI=1S/C21H14ClF3N4O2/c1-31-13-7-8-17-16(10-13)27-20(21(23,24)25)29(17)12-6-9-18(26-11-12)28-19(30)14-4-2-3-5-15(14)22/h2-11H,1H3,(H,26,28,30). The Hall–Kier alpha value is -3.59. The van der Waals surface area contributed by atoms with E-state index >= 15 is 0 Å². The average molecular weight is 447 g/mol. The lowest BCUT2D eigenvalue weighted by Gasteiger charge is -2.12. The van der Waals surface area contributed by atoms with E-state index < -0.39 is 17.9 Å². The fourth-order valence-electron chi connectivity index (χ4n) is 3.06. The number of nitrogens with one attached hydrogen (secondary N) is 1. The SMILES string of the molecule is COc1ccc2c(c1)nc(C(F)(F)F)n2-c1ccc(NC(=O)c2ccccc2Cl)nc1. The number of hydrogen-bond donors (Lipinski definition) is 1. The molecule has 2 aromatic carbocycles. The number of aromatic nitrogens is 3. The summed E-state index contributed by atoms with van der Waals surface area (Å²) in [6.07, 6.45) is -3.47. The van der Waals surface area contributed by atoms with E-state index in [9.17, 15) is 18.0 Å². The highest BCUT2D eigenvalue weighted by atomic mass is 35.5. The minimum atomic E-state index is -4.69. The van der Waals surface area contributed by atoms with Crippen LogP contribution in [0.15, 0.2) is 60.8 Å². The van der Waals surface area contributed by atoms with Gasteiger partial charge in [-0.1, -0.05) is 23.7 Å². The quantitative estimate of drug-likeness (QED) is 0.458. The second kappa shape index (κ2) is 7.92. The molecular formula is C21H14ClF3N4O2. The number of methoxy groups -OCH3 is 1. The van der Waals surface area contributed by atoms with Crippen molar-refractivity contribution in [1.29, 1.82) is 0 Å². The summed E-state index contributed by atoms with van der Waals surface area (Å²) in [4.78, 5) is 20.2.